The number of nitrogens with one attached hydrogen (secondary N) is 1. The number of rotatable bonds is 4. The van der Waals surface area contributed by atoms with Crippen molar-refractivity contribution >= 4 is 17.5 Å². The number of fused-ring (bicyclic) bond motifs is 1. The number of aromatic nitrogens is 3. The number of pyridine rings is 1. The topological polar surface area (TPSA) is 92.3 Å². The molecule has 120 valence electrons. The third kappa shape index (κ3) is 3.01. The summed E-state index contributed by atoms with van der Waals surface area (Å²) in [4.78, 5) is 15.5. The number of halogens is 1. The second-order valence-electron chi connectivity index (χ2n) is 4.89. The molecule has 3 rings (SSSR count). The van der Waals surface area contributed by atoms with E-state index in [1.165, 1.54) is 17.7 Å². The predicted octanol–water partition coefficient (Wildman–Crippen LogP) is 2.40. The summed E-state index contributed by atoms with van der Waals surface area (Å²) in [5.74, 6) is -0.666. The molecule has 0 fully saturated rings. The van der Waals surface area contributed by atoms with Gasteiger partial charge in [0, 0.05) is 11.8 Å². The number of amides is 1. The van der Waals surface area contributed by atoms with Crippen molar-refractivity contribution in [2.45, 2.75) is 6.42 Å². The summed E-state index contributed by atoms with van der Waals surface area (Å²) in [6.07, 6.45) is 1.40. The van der Waals surface area contributed by atoms with Crippen molar-refractivity contribution in [3.63, 3.8) is 0 Å². The molecule has 0 bridgehead atoms. The van der Waals surface area contributed by atoms with E-state index in [9.17, 15) is 9.18 Å². The van der Waals surface area contributed by atoms with Crippen LogP contribution in [0.25, 0.3) is 16.8 Å². The maximum Gasteiger partial charge on any atom is 0.249 e. The molecule has 24 heavy (non-hydrogen) atoms. The Hall–Kier alpha value is -3.47. The van der Waals surface area contributed by atoms with Crippen molar-refractivity contribution < 1.29 is 13.9 Å². The van der Waals surface area contributed by atoms with E-state index in [0.717, 1.165) is 5.56 Å². The molecule has 0 unspecified atom stereocenters. The molecule has 3 aromatic rings. The van der Waals surface area contributed by atoms with Crippen LogP contribution in [0.4, 0.5) is 10.3 Å². The number of hydrogen-bond donors (Lipinski definition) is 1. The normalized spacial score (nSPS) is 10.4. The second-order valence-corrected chi connectivity index (χ2v) is 4.89. The van der Waals surface area contributed by atoms with Crippen LogP contribution in [0.1, 0.15) is 6.42 Å². The fourth-order valence-electron chi connectivity index (χ4n) is 2.19. The van der Waals surface area contributed by atoms with Crippen molar-refractivity contribution in [2.75, 3.05) is 12.4 Å². The first-order valence-corrected chi connectivity index (χ1v) is 6.98. The Balaban J connectivity index is 1.92. The van der Waals surface area contributed by atoms with Gasteiger partial charge in [-0.05, 0) is 29.8 Å². The molecule has 2 heterocycles. The first-order valence-electron chi connectivity index (χ1n) is 6.98. The highest BCUT2D eigenvalue weighted by atomic mass is 19.1. The van der Waals surface area contributed by atoms with E-state index < -0.39 is 11.7 Å². The number of nitriles is 1. The number of nitrogens with zero attached hydrogens (tertiary/aromatic N) is 4. The number of methoxy groups -OCH3 is 1. The SMILES string of the molecule is COc1ccc(-c2ccc3nc(NC(=O)CC#N)nn3c2)cc1F. The Morgan fingerprint density at radius 2 is 2.17 bits per heavy atom. The number of carbonyl (C=O) groups is 1. The minimum Gasteiger partial charge on any atom is -0.494 e. The van der Waals surface area contributed by atoms with Crippen molar-refractivity contribution in [2.24, 2.45) is 0 Å². The molecule has 7 nitrogen and oxygen atoms in total. The lowest BCUT2D eigenvalue weighted by Gasteiger charge is -2.05. The van der Waals surface area contributed by atoms with Crippen LogP contribution in [0.5, 0.6) is 5.75 Å². The lowest BCUT2D eigenvalue weighted by molar-refractivity contribution is -0.115. The van der Waals surface area contributed by atoms with Gasteiger partial charge < -0.3 is 4.74 Å². The van der Waals surface area contributed by atoms with Gasteiger partial charge in [0.2, 0.25) is 11.9 Å². The zero-order valence-corrected chi connectivity index (χ0v) is 12.7. The summed E-state index contributed by atoms with van der Waals surface area (Å²) in [5, 5.41) is 15.0. The van der Waals surface area contributed by atoms with Crippen molar-refractivity contribution in [1.82, 2.24) is 14.6 Å². The van der Waals surface area contributed by atoms with Gasteiger partial charge >= 0.3 is 0 Å². The molecule has 2 aromatic heterocycles. The molecule has 8 heteroatoms. The largest absolute Gasteiger partial charge is 0.494 e. The minimum atomic E-state index is -0.481. The van der Waals surface area contributed by atoms with Gasteiger partial charge in [0.1, 0.15) is 6.42 Å². The first-order chi connectivity index (χ1) is 11.6. The van der Waals surface area contributed by atoms with E-state index in [2.05, 4.69) is 15.4 Å². The molecule has 0 saturated carbocycles. The highest BCUT2D eigenvalue weighted by Crippen LogP contribution is 2.25. The monoisotopic (exact) mass is 325 g/mol. The van der Waals surface area contributed by atoms with Crippen molar-refractivity contribution in [3.05, 3.63) is 42.3 Å². The molecular formula is C16H12FN5O2. The van der Waals surface area contributed by atoms with Crippen LogP contribution < -0.4 is 10.1 Å². The van der Waals surface area contributed by atoms with E-state index in [4.69, 9.17) is 10.00 Å². The molecule has 0 saturated heterocycles. The summed E-state index contributed by atoms with van der Waals surface area (Å²) in [5.41, 5.74) is 1.89. The van der Waals surface area contributed by atoms with Gasteiger partial charge in [0.15, 0.2) is 17.2 Å². The number of carbonyl (C=O) groups excluding carboxylic acids is 1. The van der Waals surface area contributed by atoms with Gasteiger partial charge in [-0.25, -0.2) is 8.91 Å². The van der Waals surface area contributed by atoms with E-state index in [1.807, 2.05) is 0 Å². The molecule has 0 aliphatic rings. The molecule has 0 spiro atoms. The summed E-state index contributed by atoms with van der Waals surface area (Å²) in [7, 11) is 1.40. The molecule has 1 N–H and O–H groups in total. The van der Waals surface area contributed by atoms with E-state index in [0.29, 0.717) is 11.2 Å². The Morgan fingerprint density at radius 1 is 1.38 bits per heavy atom. The Morgan fingerprint density at radius 3 is 2.88 bits per heavy atom. The number of benzene rings is 1. The fraction of sp³-hybridized carbons (Fsp3) is 0.125. The van der Waals surface area contributed by atoms with Gasteiger partial charge in [0.25, 0.3) is 0 Å². The average Bonchev–Trinajstić information content (AvgIpc) is 2.96. The molecular weight excluding hydrogens is 313 g/mol. The van der Waals surface area contributed by atoms with Crippen LogP contribution in [-0.4, -0.2) is 27.6 Å². The smallest absolute Gasteiger partial charge is 0.249 e. The summed E-state index contributed by atoms with van der Waals surface area (Å²) in [6.45, 7) is 0. The quantitative estimate of drug-likeness (QED) is 0.795. The molecule has 0 aliphatic carbocycles. The molecule has 0 radical (unpaired) electrons. The van der Waals surface area contributed by atoms with Gasteiger partial charge in [0.05, 0.1) is 13.2 Å². The zero-order chi connectivity index (χ0) is 17.1. The van der Waals surface area contributed by atoms with Crippen LogP contribution in [0, 0.1) is 17.1 Å². The summed E-state index contributed by atoms with van der Waals surface area (Å²) < 4.78 is 20.2. The van der Waals surface area contributed by atoms with Crippen LogP contribution in [0.2, 0.25) is 0 Å². The fourth-order valence-corrected chi connectivity index (χ4v) is 2.19. The maximum atomic E-state index is 13.8. The summed E-state index contributed by atoms with van der Waals surface area (Å²) in [6, 6.07) is 9.86. The zero-order valence-electron chi connectivity index (χ0n) is 12.7. The van der Waals surface area contributed by atoms with Gasteiger partial charge in [-0.15, -0.1) is 5.10 Å². The predicted molar refractivity (Wildman–Crippen MR) is 83.8 cm³/mol. The van der Waals surface area contributed by atoms with Crippen LogP contribution in [0.15, 0.2) is 36.5 Å². The molecule has 0 atom stereocenters. The highest BCUT2D eigenvalue weighted by molar-refractivity contribution is 5.90. The molecule has 1 amide bonds. The third-order valence-corrected chi connectivity index (χ3v) is 3.31. The molecule has 0 aliphatic heterocycles. The molecule has 1 aromatic carbocycles. The van der Waals surface area contributed by atoms with Gasteiger partial charge in [-0.3, -0.25) is 10.1 Å². The maximum absolute atomic E-state index is 13.8. The van der Waals surface area contributed by atoms with Gasteiger partial charge in [-0.1, -0.05) is 6.07 Å². The number of hydrogen-bond acceptors (Lipinski definition) is 5. The Labute approximate surface area is 136 Å². The second kappa shape index (κ2) is 6.34. The number of ether oxygens (including phenoxy) is 1. The van der Waals surface area contributed by atoms with Crippen molar-refractivity contribution in [3.8, 4) is 22.9 Å². The number of anilines is 1. The van der Waals surface area contributed by atoms with E-state index >= 15 is 0 Å². The van der Waals surface area contributed by atoms with Crippen LogP contribution >= 0.6 is 0 Å². The van der Waals surface area contributed by atoms with E-state index in [1.54, 1.807) is 36.5 Å². The van der Waals surface area contributed by atoms with Gasteiger partial charge in [-0.2, -0.15) is 10.2 Å². The van der Waals surface area contributed by atoms with Crippen LogP contribution in [-0.2, 0) is 4.79 Å². The lowest BCUT2D eigenvalue weighted by atomic mass is 10.1. The standard InChI is InChI=1S/C16H12FN5O2/c1-24-13-4-2-10(8-12(13)17)11-3-5-14-19-16(21-22(14)9-11)20-15(23)6-7-18/h2-5,8-9H,6H2,1H3,(H,20,21,23). The average molecular weight is 325 g/mol. The van der Waals surface area contributed by atoms with E-state index in [-0.39, 0.29) is 18.1 Å². The lowest BCUT2D eigenvalue weighted by Crippen LogP contribution is -2.11. The third-order valence-electron chi connectivity index (χ3n) is 3.31. The van der Waals surface area contributed by atoms with Crippen molar-refractivity contribution in [1.29, 1.82) is 5.26 Å². The highest BCUT2D eigenvalue weighted by Gasteiger charge is 2.10. The first kappa shape index (κ1) is 15.4. The van der Waals surface area contributed by atoms with Crippen LogP contribution in [0.3, 0.4) is 0 Å². The summed E-state index contributed by atoms with van der Waals surface area (Å²) >= 11 is 0. The Bertz CT molecular complexity index is 961. The minimum absolute atomic E-state index is 0.105. The Kier molecular flexibility index (Phi) is 4.07.